The van der Waals surface area contributed by atoms with Gasteiger partial charge in [0.25, 0.3) is 0 Å². The Bertz CT molecular complexity index is 2260. The largest absolute Gasteiger partial charge is 0.497 e. The number of ether oxygens (including phenoxy) is 2. The monoisotopic (exact) mass is 573 g/mol. The Morgan fingerprint density at radius 2 is 1.09 bits per heavy atom. The zero-order valence-electron chi connectivity index (χ0n) is 24.2. The van der Waals surface area contributed by atoms with Gasteiger partial charge in [-0.15, -0.1) is 10.2 Å². The number of aromatic nitrogens is 3. The summed E-state index contributed by atoms with van der Waals surface area (Å²) in [6, 6.07) is 43.4. The fourth-order valence-electron chi connectivity index (χ4n) is 6.15. The summed E-state index contributed by atoms with van der Waals surface area (Å²) < 4.78 is 19.7. The van der Waals surface area contributed by atoms with Crippen LogP contribution in [0.3, 0.4) is 0 Å². The van der Waals surface area contributed by atoms with Gasteiger partial charge in [0.2, 0.25) is 11.8 Å². The molecule has 0 unspecified atom stereocenters. The number of benzene rings is 6. The molecule has 0 atom stereocenters. The molecule has 212 valence electrons. The summed E-state index contributed by atoms with van der Waals surface area (Å²) >= 11 is 0. The van der Waals surface area contributed by atoms with E-state index in [2.05, 4.69) is 81.5 Å². The lowest BCUT2D eigenvalue weighted by molar-refractivity contribution is 0.415. The van der Waals surface area contributed by atoms with E-state index < -0.39 is 0 Å². The first-order valence-corrected chi connectivity index (χ1v) is 14.4. The van der Waals surface area contributed by atoms with Crippen LogP contribution in [-0.2, 0) is 0 Å². The van der Waals surface area contributed by atoms with Crippen LogP contribution in [0.15, 0.2) is 132 Å². The van der Waals surface area contributed by atoms with E-state index in [4.69, 9.17) is 13.9 Å². The van der Waals surface area contributed by atoms with E-state index in [1.165, 1.54) is 0 Å². The summed E-state index contributed by atoms with van der Waals surface area (Å²) in [5.74, 6) is 2.60. The summed E-state index contributed by atoms with van der Waals surface area (Å²) in [5, 5.41) is 13.2. The predicted molar refractivity (Wildman–Crippen MR) is 176 cm³/mol. The van der Waals surface area contributed by atoms with Crippen molar-refractivity contribution >= 4 is 32.6 Å². The summed E-state index contributed by atoms with van der Waals surface area (Å²) in [7, 11) is 3.39. The van der Waals surface area contributed by atoms with Crippen LogP contribution >= 0.6 is 0 Å². The van der Waals surface area contributed by atoms with Gasteiger partial charge in [-0.2, -0.15) is 0 Å². The first-order valence-electron chi connectivity index (χ1n) is 14.4. The highest BCUT2D eigenvalue weighted by atomic mass is 16.5. The average molecular weight is 574 g/mol. The molecule has 0 aliphatic rings. The third kappa shape index (κ3) is 4.11. The van der Waals surface area contributed by atoms with E-state index >= 15 is 0 Å². The normalized spacial score (nSPS) is 11.4. The Labute approximate surface area is 253 Å². The lowest BCUT2D eigenvalue weighted by atomic mass is 9.94. The Morgan fingerprint density at radius 3 is 1.80 bits per heavy atom. The van der Waals surface area contributed by atoms with E-state index in [-0.39, 0.29) is 0 Å². The zero-order valence-corrected chi connectivity index (χ0v) is 24.2. The molecule has 0 spiro atoms. The standard InChI is InChI=1S/C38H27N3O3/c1-42-25-18-20-35-32(22-25)33-23-26(43-2)19-21-36(33)41(35)34-17-9-15-28-27(14-8-16-30(28)34)29-12-6-7-13-31(29)38-40-39-37(44-38)24-10-4-3-5-11-24/h3-23H,1-2H3. The number of hydrogen-bond donors (Lipinski definition) is 0. The minimum Gasteiger partial charge on any atom is -0.497 e. The first kappa shape index (κ1) is 25.8. The smallest absolute Gasteiger partial charge is 0.248 e. The fourth-order valence-corrected chi connectivity index (χ4v) is 6.15. The van der Waals surface area contributed by atoms with Gasteiger partial charge in [-0.1, -0.05) is 66.7 Å². The quantitative estimate of drug-likeness (QED) is 0.198. The van der Waals surface area contributed by atoms with Gasteiger partial charge >= 0.3 is 0 Å². The van der Waals surface area contributed by atoms with Crippen molar-refractivity contribution in [3.63, 3.8) is 0 Å². The summed E-state index contributed by atoms with van der Waals surface area (Å²) in [6.07, 6.45) is 0. The van der Waals surface area contributed by atoms with Crippen LogP contribution in [0.25, 0.3) is 72.3 Å². The van der Waals surface area contributed by atoms with Crippen molar-refractivity contribution in [3.05, 3.63) is 127 Å². The molecule has 2 aromatic heterocycles. The molecular weight excluding hydrogens is 546 g/mol. The molecule has 8 rings (SSSR count). The van der Waals surface area contributed by atoms with Crippen molar-refractivity contribution in [1.82, 2.24) is 14.8 Å². The number of methoxy groups -OCH3 is 2. The third-order valence-corrected chi connectivity index (χ3v) is 8.21. The molecule has 6 nitrogen and oxygen atoms in total. The lowest BCUT2D eigenvalue weighted by Gasteiger charge is -2.15. The van der Waals surface area contributed by atoms with E-state index in [1.54, 1.807) is 14.2 Å². The summed E-state index contributed by atoms with van der Waals surface area (Å²) in [4.78, 5) is 0. The molecule has 44 heavy (non-hydrogen) atoms. The van der Waals surface area contributed by atoms with Crippen molar-refractivity contribution in [3.8, 4) is 51.2 Å². The van der Waals surface area contributed by atoms with Crippen LogP contribution in [-0.4, -0.2) is 29.0 Å². The van der Waals surface area contributed by atoms with Gasteiger partial charge in [0.15, 0.2) is 0 Å². The van der Waals surface area contributed by atoms with E-state index in [1.807, 2.05) is 60.7 Å². The molecule has 0 radical (unpaired) electrons. The van der Waals surface area contributed by atoms with E-state index in [0.29, 0.717) is 11.8 Å². The molecule has 0 saturated heterocycles. The Morgan fingerprint density at radius 1 is 0.500 bits per heavy atom. The first-order chi connectivity index (χ1) is 21.7. The van der Waals surface area contributed by atoms with Crippen LogP contribution in [0.1, 0.15) is 0 Å². The van der Waals surface area contributed by atoms with Crippen LogP contribution in [0.4, 0.5) is 0 Å². The molecule has 8 aromatic rings. The van der Waals surface area contributed by atoms with Gasteiger partial charge in [-0.05, 0) is 77.2 Å². The molecule has 6 aromatic carbocycles. The van der Waals surface area contributed by atoms with Crippen LogP contribution in [0.2, 0.25) is 0 Å². The van der Waals surface area contributed by atoms with Gasteiger partial charge in [-0.25, -0.2) is 0 Å². The van der Waals surface area contributed by atoms with Gasteiger partial charge in [0.1, 0.15) is 11.5 Å². The minimum atomic E-state index is 0.484. The molecule has 0 amide bonds. The predicted octanol–water partition coefficient (Wildman–Crippen LogP) is 9.34. The molecule has 0 aliphatic heterocycles. The van der Waals surface area contributed by atoms with Gasteiger partial charge < -0.3 is 18.5 Å². The maximum Gasteiger partial charge on any atom is 0.248 e. The minimum absolute atomic E-state index is 0.484. The van der Waals surface area contributed by atoms with Gasteiger partial charge in [0, 0.05) is 27.3 Å². The lowest BCUT2D eigenvalue weighted by Crippen LogP contribution is -1.96. The van der Waals surface area contributed by atoms with Crippen molar-refractivity contribution in [1.29, 1.82) is 0 Å². The van der Waals surface area contributed by atoms with Crippen molar-refractivity contribution in [2.24, 2.45) is 0 Å². The Kier molecular flexibility index (Phi) is 6.12. The van der Waals surface area contributed by atoms with Crippen LogP contribution in [0.5, 0.6) is 11.5 Å². The fraction of sp³-hybridized carbons (Fsp3) is 0.0526. The number of nitrogens with zero attached hydrogens (tertiary/aromatic N) is 3. The maximum absolute atomic E-state index is 6.20. The van der Waals surface area contributed by atoms with Crippen LogP contribution in [0, 0.1) is 0 Å². The molecule has 2 heterocycles. The molecule has 0 N–H and O–H groups in total. The van der Waals surface area contributed by atoms with Gasteiger partial charge in [0.05, 0.1) is 30.9 Å². The molecule has 0 fully saturated rings. The molecule has 0 saturated carbocycles. The summed E-state index contributed by atoms with van der Waals surface area (Å²) in [5.41, 5.74) is 7.15. The molecule has 0 bridgehead atoms. The highest BCUT2D eigenvalue weighted by molar-refractivity contribution is 6.12. The average Bonchev–Trinajstić information content (AvgIpc) is 3.71. The number of fused-ring (bicyclic) bond motifs is 4. The Balaban J connectivity index is 1.34. The van der Waals surface area contributed by atoms with Gasteiger partial charge in [-0.3, -0.25) is 0 Å². The van der Waals surface area contributed by atoms with E-state index in [0.717, 1.165) is 72.0 Å². The number of hydrogen-bond acceptors (Lipinski definition) is 5. The second-order valence-electron chi connectivity index (χ2n) is 10.6. The SMILES string of the molecule is COc1ccc2c(c1)c1cc(OC)ccc1n2-c1cccc2c(-c3ccccc3-c3nnc(-c4ccccc4)o3)cccc12. The summed E-state index contributed by atoms with van der Waals surface area (Å²) in [6.45, 7) is 0. The maximum atomic E-state index is 6.20. The third-order valence-electron chi connectivity index (χ3n) is 8.21. The second kappa shape index (κ2) is 10.4. The highest BCUT2D eigenvalue weighted by Crippen LogP contribution is 2.41. The molecule has 6 heteroatoms. The highest BCUT2D eigenvalue weighted by Gasteiger charge is 2.19. The van der Waals surface area contributed by atoms with E-state index in [9.17, 15) is 0 Å². The van der Waals surface area contributed by atoms with Crippen molar-refractivity contribution in [2.75, 3.05) is 14.2 Å². The Hall–Kier alpha value is -5.88. The van der Waals surface area contributed by atoms with Crippen molar-refractivity contribution in [2.45, 2.75) is 0 Å². The second-order valence-corrected chi connectivity index (χ2v) is 10.6. The molecular formula is C38H27N3O3. The van der Waals surface area contributed by atoms with Crippen LogP contribution < -0.4 is 9.47 Å². The zero-order chi connectivity index (χ0) is 29.6. The molecule has 0 aliphatic carbocycles. The van der Waals surface area contributed by atoms with Crippen molar-refractivity contribution < 1.29 is 13.9 Å². The number of rotatable bonds is 6. The topological polar surface area (TPSA) is 62.3 Å².